The van der Waals surface area contributed by atoms with Gasteiger partial charge < -0.3 is 14.8 Å². The van der Waals surface area contributed by atoms with Crippen molar-refractivity contribution in [2.75, 3.05) is 27.2 Å². The fourth-order valence-electron chi connectivity index (χ4n) is 4.45. The van der Waals surface area contributed by atoms with Gasteiger partial charge in [0, 0.05) is 68.5 Å². The maximum absolute atomic E-state index is 13.4. The molecule has 2 amide bonds. The summed E-state index contributed by atoms with van der Waals surface area (Å²) in [5.41, 5.74) is 2.46. The number of carbonyl (C=O) groups is 3. The quantitative estimate of drug-likeness (QED) is 0.464. The SMILES string of the molecule is CC1CN(C(=O)c2ccc3[nH]cc(C(=O)C(=O)N(C)C)c3c2)C(C)CN1Cc1ccc(F)cc1. The van der Waals surface area contributed by atoms with E-state index >= 15 is 0 Å². The number of Topliss-reactive ketones (excluding diaryl/α,β-unsaturated/α-hetero) is 1. The lowest BCUT2D eigenvalue weighted by atomic mass is 10.0. The lowest BCUT2D eigenvalue weighted by Gasteiger charge is -2.44. The molecule has 1 aliphatic heterocycles. The number of H-pyrrole nitrogens is 1. The summed E-state index contributed by atoms with van der Waals surface area (Å²) in [4.78, 5) is 46.6. The Labute approximate surface area is 198 Å². The first-order valence-electron chi connectivity index (χ1n) is 11.3. The van der Waals surface area contributed by atoms with Gasteiger partial charge in [-0.25, -0.2) is 4.39 Å². The molecular weight excluding hydrogens is 435 g/mol. The first-order chi connectivity index (χ1) is 16.2. The molecule has 1 aromatic heterocycles. The second kappa shape index (κ2) is 9.38. The van der Waals surface area contributed by atoms with Crippen molar-refractivity contribution < 1.29 is 18.8 Å². The summed E-state index contributed by atoms with van der Waals surface area (Å²) in [7, 11) is 3.06. The molecule has 4 rings (SSSR count). The van der Waals surface area contributed by atoms with Crippen LogP contribution >= 0.6 is 0 Å². The zero-order chi connectivity index (χ0) is 24.6. The van der Waals surface area contributed by atoms with E-state index in [2.05, 4.69) is 16.8 Å². The number of hydrogen-bond acceptors (Lipinski definition) is 4. The number of aromatic amines is 1. The van der Waals surface area contributed by atoms with Gasteiger partial charge in [0.15, 0.2) is 0 Å². The van der Waals surface area contributed by atoms with Gasteiger partial charge in [0.05, 0.1) is 5.56 Å². The zero-order valence-corrected chi connectivity index (χ0v) is 19.8. The Hall–Kier alpha value is -3.52. The highest BCUT2D eigenvalue weighted by Gasteiger charge is 2.33. The summed E-state index contributed by atoms with van der Waals surface area (Å²) in [5.74, 6) is -1.59. The summed E-state index contributed by atoms with van der Waals surface area (Å²) in [6.45, 7) is 6.03. The maximum atomic E-state index is 13.4. The highest BCUT2D eigenvalue weighted by molar-refractivity contribution is 6.44. The average molecular weight is 465 g/mol. The first-order valence-corrected chi connectivity index (χ1v) is 11.3. The van der Waals surface area contributed by atoms with Crippen LogP contribution in [0.25, 0.3) is 10.9 Å². The molecule has 8 heteroatoms. The van der Waals surface area contributed by atoms with E-state index < -0.39 is 11.7 Å². The van der Waals surface area contributed by atoms with Gasteiger partial charge in [-0.1, -0.05) is 12.1 Å². The number of piperazine rings is 1. The number of nitrogens with zero attached hydrogens (tertiary/aromatic N) is 3. The Bertz CT molecular complexity index is 1230. The summed E-state index contributed by atoms with van der Waals surface area (Å²) >= 11 is 0. The lowest BCUT2D eigenvalue weighted by Crippen LogP contribution is -2.57. The van der Waals surface area contributed by atoms with E-state index in [1.54, 1.807) is 30.3 Å². The van der Waals surface area contributed by atoms with E-state index in [0.717, 1.165) is 5.56 Å². The van der Waals surface area contributed by atoms with E-state index in [0.29, 0.717) is 36.1 Å². The van der Waals surface area contributed by atoms with E-state index in [1.807, 2.05) is 11.8 Å². The van der Waals surface area contributed by atoms with Crippen LogP contribution in [0.15, 0.2) is 48.7 Å². The summed E-state index contributed by atoms with van der Waals surface area (Å²) in [6, 6.07) is 11.8. The number of amides is 2. The maximum Gasteiger partial charge on any atom is 0.294 e. The van der Waals surface area contributed by atoms with Gasteiger partial charge in [-0.15, -0.1) is 0 Å². The number of nitrogens with one attached hydrogen (secondary N) is 1. The molecule has 1 saturated heterocycles. The van der Waals surface area contributed by atoms with Crippen molar-refractivity contribution in [1.29, 1.82) is 0 Å². The third-order valence-corrected chi connectivity index (χ3v) is 6.45. The van der Waals surface area contributed by atoms with Gasteiger partial charge in [0.2, 0.25) is 0 Å². The van der Waals surface area contributed by atoms with E-state index in [-0.39, 0.29) is 29.4 Å². The van der Waals surface area contributed by atoms with Crippen LogP contribution in [0.4, 0.5) is 4.39 Å². The zero-order valence-electron chi connectivity index (χ0n) is 19.8. The molecule has 0 spiro atoms. The molecule has 1 N–H and O–H groups in total. The molecule has 0 radical (unpaired) electrons. The van der Waals surface area contributed by atoms with Gasteiger partial charge in [-0.05, 0) is 49.7 Å². The largest absolute Gasteiger partial charge is 0.360 e. The van der Waals surface area contributed by atoms with Crippen LogP contribution in [-0.4, -0.2) is 76.5 Å². The third-order valence-electron chi connectivity index (χ3n) is 6.45. The van der Waals surface area contributed by atoms with Crippen molar-refractivity contribution in [2.45, 2.75) is 32.5 Å². The lowest BCUT2D eigenvalue weighted by molar-refractivity contribution is -0.124. The fourth-order valence-corrected chi connectivity index (χ4v) is 4.45. The molecule has 2 heterocycles. The minimum absolute atomic E-state index is 0.0255. The molecule has 2 aromatic carbocycles. The normalized spacial score (nSPS) is 18.8. The van der Waals surface area contributed by atoms with E-state index in [1.165, 1.54) is 37.3 Å². The Kier molecular flexibility index (Phi) is 6.52. The molecule has 1 aliphatic rings. The van der Waals surface area contributed by atoms with Gasteiger partial charge in [0.25, 0.3) is 17.6 Å². The van der Waals surface area contributed by atoms with Crippen LogP contribution < -0.4 is 0 Å². The Morgan fingerprint density at radius 1 is 1.03 bits per heavy atom. The molecule has 1 fully saturated rings. The van der Waals surface area contributed by atoms with Gasteiger partial charge in [-0.3, -0.25) is 19.3 Å². The first kappa shape index (κ1) is 23.6. The standard InChI is InChI=1S/C26H29FN4O3/c1-16-14-31(17(2)13-30(16)15-18-5-8-20(27)9-6-18)25(33)19-7-10-23-21(11-19)22(12-28-23)24(32)26(34)29(3)4/h5-12,16-17,28H,13-15H2,1-4H3. The van der Waals surface area contributed by atoms with Gasteiger partial charge in [-0.2, -0.15) is 0 Å². The number of hydrogen-bond donors (Lipinski definition) is 1. The van der Waals surface area contributed by atoms with Crippen LogP contribution in [-0.2, 0) is 11.3 Å². The number of likely N-dealkylation sites (N-methyl/N-ethyl adjacent to an activating group) is 1. The van der Waals surface area contributed by atoms with Gasteiger partial charge in [0.1, 0.15) is 5.82 Å². The Morgan fingerprint density at radius 3 is 2.41 bits per heavy atom. The molecule has 3 aromatic rings. The number of aromatic nitrogens is 1. The molecule has 0 bridgehead atoms. The monoisotopic (exact) mass is 464 g/mol. The fraction of sp³-hybridized carbons (Fsp3) is 0.346. The molecule has 178 valence electrons. The predicted octanol–water partition coefficient (Wildman–Crippen LogP) is 3.31. The van der Waals surface area contributed by atoms with Crippen molar-refractivity contribution in [3.05, 3.63) is 71.2 Å². The summed E-state index contributed by atoms with van der Waals surface area (Å²) in [6.07, 6.45) is 1.52. The molecule has 0 aliphatic carbocycles. The molecule has 0 saturated carbocycles. The number of benzene rings is 2. The molecular formula is C26H29FN4O3. The minimum Gasteiger partial charge on any atom is -0.360 e. The highest BCUT2D eigenvalue weighted by Crippen LogP contribution is 2.24. The number of halogens is 1. The van der Waals surface area contributed by atoms with Gasteiger partial charge >= 0.3 is 0 Å². The smallest absolute Gasteiger partial charge is 0.294 e. The number of rotatable bonds is 5. The highest BCUT2D eigenvalue weighted by atomic mass is 19.1. The topological polar surface area (TPSA) is 76.7 Å². The van der Waals surface area contributed by atoms with Crippen LogP contribution in [0.3, 0.4) is 0 Å². The van der Waals surface area contributed by atoms with E-state index in [4.69, 9.17) is 0 Å². The van der Waals surface area contributed by atoms with Crippen molar-refractivity contribution >= 4 is 28.5 Å². The number of ketones is 1. The number of fused-ring (bicyclic) bond motifs is 1. The Balaban J connectivity index is 1.53. The van der Waals surface area contributed by atoms with Crippen LogP contribution in [0.2, 0.25) is 0 Å². The minimum atomic E-state index is -0.614. The summed E-state index contributed by atoms with van der Waals surface area (Å²) in [5, 5.41) is 0.557. The van der Waals surface area contributed by atoms with Crippen LogP contribution in [0.1, 0.15) is 40.1 Å². The average Bonchev–Trinajstić information content (AvgIpc) is 3.24. The van der Waals surface area contributed by atoms with E-state index in [9.17, 15) is 18.8 Å². The van der Waals surface area contributed by atoms with Crippen molar-refractivity contribution in [1.82, 2.24) is 19.7 Å². The number of carbonyl (C=O) groups excluding carboxylic acids is 3. The molecule has 2 unspecified atom stereocenters. The van der Waals surface area contributed by atoms with Crippen molar-refractivity contribution in [3.8, 4) is 0 Å². The van der Waals surface area contributed by atoms with Crippen LogP contribution in [0, 0.1) is 5.82 Å². The molecule has 2 atom stereocenters. The second-order valence-electron chi connectivity index (χ2n) is 9.20. The molecule has 7 nitrogen and oxygen atoms in total. The third kappa shape index (κ3) is 4.59. The molecule has 34 heavy (non-hydrogen) atoms. The summed E-state index contributed by atoms with van der Waals surface area (Å²) < 4.78 is 13.2. The van der Waals surface area contributed by atoms with Crippen molar-refractivity contribution in [3.63, 3.8) is 0 Å². The second-order valence-corrected chi connectivity index (χ2v) is 9.20. The predicted molar refractivity (Wildman–Crippen MR) is 128 cm³/mol. The van der Waals surface area contributed by atoms with Crippen LogP contribution in [0.5, 0.6) is 0 Å². The van der Waals surface area contributed by atoms with Crippen molar-refractivity contribution in [2.24, 2.45) is 0 Å². The Morgan fingerprint density at radius 2 is 1.74 bits per heavy atom.